The van der Waals surface area contributed by atoms with Gasteiger partial charge in [0.25, 0.3) is 11.8 Å². The predicted octanol–water partition coefficient (Wildman–Crippen LogP) is 2.38. The van der Waals surface area contributed by atoms with Crippen LogP contribution in [-0.4, -0.2) is 117 Å². The molecule has 4 aliphatic rings. The summed E-state index contributed by atoms with van der Waals surface area (Å²) in [5.41, 5.74) is 5.50. The molecule has 3 fully saturated rings. The second kappa shape index (κ2) is 14.3. The van der Waals surface area contributed by atoms with Gasteiger partial charge in [0.05, 0.1) is 11.2 Å². The van der Waals surface area contributed by atoms with Crippen LogP contribution in [0.4, 0.5) is 15.2 Å². The molecule has 0 bridgehead atoms. The summed E-state index contributed by atoms with van der Waals surface area (Å²) in [6.07, 6.45) is 3.04. The van der Waals surface area contributed by atoms with Crippen LogP contribution in [0.25, 0.3) is 10.9 Å². The Morgan fingerprint density at radius 2 is 1.87 bits per heavy atom. The Labute approximate surface area is 316 Å². The van der Waals surface area contributed by atoms with Gasteiger partial charge in [-0.3, -0.25) is 24.2 Å². The molecule has 1 aromatic carbocycles. The third kappa shape index (κ3) is 7.14. The maximum Gasteiger partial charge on any atom is 0.355 e. The summed E-state index contributed by atoms with van der Waals surface area (Å²) in [5, 5.41) is 17.3. The number of pyridine rings is 1. The van der Waals surface area contributed by atoms with Crippen LogP contribution in [0.2, 0.25) is 0 Å². The van der Waals surface area contributed by atoms with Crippen LogP contribution in [0, 0.1) is 5.82 Å². The molecular formula is C35H39FN8O8S2. The number of hydrogen-bond acceptors (Lipinski definition) is 14. The fraction of sp³-hybridized carbons (Fsp3) is 0.457. The summed E-state index contributed by atoms with van der Waals surface area (Å²) in [6.45, 7) is 7.43. The summed E-state index contributed by atoms with van der Waals surface area (Å²) in [4.78, 5) is 79.7. The Bertz CT molecular complexity index is 2180. The van der Waals surface area contributed by atoms with Gasteiger partial charge in [-0.1, -0.05) is 5.16 Å². The number of halogens is 1. The fourth-order valence-electron chi connectivity index (χ4n) is 6.85. The van der Waals surface area contributed by atoms with E-state index < -0.39 is 52.0 Å². The number of benzene rings is 1. The van der Waals surface area contributed by atoms with Crippen molar-refractivity contribution < 1.29 is 38.2 Å². The van der Waals surface area contributed by atoms with E-state index in [9.17, 15) is 29.1 Å². The number of aromatic carboxylic acids is 1. The number of nitrogens with two attached hydrogens (primary N) is 1. The summed E-state index contributed by atoms with van der Waals surface area (Å²) >= 11 is 2.53. The Balaban J connectivity index is 1.08. The molecule has 2 atom stereocenters. The quantitative estimate of drug-likeness (QED) is 0.117. The maximum absolute atomic E-state index is 15.6. The highest BCUT2D eigenvalue weighted by Gasteiger charge is 2.55. The molecule has 54 heavy (non-hydrogen) atoms. The number of carbonyl (C=O) groups is 4. The van der Waals surface area contributed by atoms with E-state index in [1.54, 1.807) is 36.8 Å². The first-order chi connectivity index (χ1) is 25.6. The number of rotatable bonds is 10. The second-order valence-electron chi connectivity index (χ2n) is 14.4. The zero-order chi connectivity index (χ0) is 38.6. The SMILES string of the molecule is CO/N=C(/C(=O)N[C@@H]1C(=O)N2C(C(=O)OC(C)(C)C)=C(CN3CCN(c4cc5c(cc4F)c(=O)c(C(=O)O)cn5C4CC4)CC3)CS[C@H]12)c1csc(N)n1. The number of hydrogen-bond donors (Lipinski definition) is 3. The zero-order valence-electron chi connectivity index (χ0n) is 30.0. The van der Waals surface area contributed by atoms with Gasteiger partial charge >= 0.3 is 11.9 Å². The normalized spacial score (nSPS) is 20.8. The van der Waals surface area contributed by atoms with Gasteiger partial charge in [0, 0.05) is 61.5 Å². The average molecular weight is 783 g/mol. The molecule has 4 N–H and O–H groups in total. The standard InChI is InChI=1S/C35H39FN8O8S2/c1-35(2,3)52-33(50)27-17(15-53-31-26(30(47)44(27)31)39-29(46)25(40-51-4)22-16-54-34(37)38-22)13-41-7-9-42(10-8-41)24-12-23-19(11-21(24)36)28(45)20(32(48)49)14-43(23)18-5-6-18/h11-12,14,16,18,26,31H,5-10,13,15H2,1-4H3,(H2,37,38)(H,39,46)(H,48,49)/b40-25+/t26-,31-/m1/s1. The summed E-state index contributed by atoms with van der Waals surface area (Å²) < 4.78 is 23.1. The lowest BCUT2D eigenvalue weighted by Crippen LogP contribution is -2.71. The molecular weight excluding hydrogens is 744 g/mol. The number of carbonyl (C=O) groups excluding carboxylic acids is 3. The van der Waals surface area contributed by atoms with Crippen LogP contribution in [0.5, 0.6) is 0 Å². The molecule has 286 valence electrons. The van der Waals surface area contributed by atoms with Crippen molar-refractivity contribution in [1.82, 2.24) is 24.7 Å². The first-order valence-electron chi connectivity index (χ1n) is 17.3. The second-order valence-corrected chi connectivity index (χ2v) is 16.4. The Morgan fingerprint density at radius 1 is 1.15 bits per heavy atom. The molecule has 7 rings (SSSR count). The highest BCUT2D eigenvalue weighted by atomic mass is 32.2. The van der Waals surface area contributed by atoms with E-state index in [4.69, 9.17) is 15.3 Å². The van der Waals surface area contributed by atoms with Crippen molar-refractivity contribution >= 4 is 74.3 Å². The third-order valence-corrected chi connectivity index (χ3v) is 11.5. The largest absolute Gasteiger partial charge is 0.477 e. The number of ether oxygens (including phenoxy) is 1. The smallest absolute Gasteiger partial charge is 0.355 e. The molecule has 16 nitrogen and oxygen atoms in total. The Morgan fingerprint density at radius 3 is 2.48 bits per heavy atom. The molecule has 0 spiro atoms. The molecule has 2 amide bonds. The monoisotopic (exact) mass is 782 g/mol. The van der Waals surface area contributed by atoms with Crippen LogP contribution in [-0.2, 0) is 24.0 Å². The number of anilines is 2. The van der Waals surface area contributed by atoms with Crippen molar-refractivity contribution in [3.05, 3.63) is 62.3 Å². The van der Waals surface area contributed by atoms with Crippen molar-refractivity contribution in [1.29, 1.82) is 0 Å². The number of aromatic nitrogens is 2. The van der Waals surface area contributed by atoms with Gasteiger partial charge in [0.15, 0.2) is 10.8 Å². The molecule has 19 heteroatoms. The number of amides is 2. The van der Waals surface area contributed by atoms with Gasteiger partial charge in [-0.05, 0) is 51.3 Å². The van der Waals surface area contributed by atoms with Crippen LogP contribution < -0.4 is 21.4 Å². The highest BCUT2D eigenvalue weighted by Crippen LogP contribution is 2.42. The maximum atomic E-state index is 15.6. The van der Waals surface area contributed by atoms with Crippen molar-refractivity contribution in [2.24, 2.45) is 5.16 Å². The van der Waals surface area contributed by atoms with Crippen LogP contribution in [0.15, 0.2) is 44.9 Å². The minimum absolute atomic E-state index is 0.0342. The van der Waals surface area contributed by atoms with Crippen molar-refractivity contribution in [2.45, 2.75) is 56.7 Å². The zero-order valence-corrected chi connectivity index (χ0v) is 31.6. The van der Waals surface area contributed by atoms with Gasteiger partial charge < -0.3 is 35.2 Å². The molecule has 3 aliphatic heterocycles. The minimum Gasteiger partial charge on any atom is -0.477 e. The molecule has 5 heterocycles. The third-order valence-electron chi connectivity index (χ3n) is 9.49. The number of nitrogens with zero attached hydrogens (tertiary/aromatic N) is 6. The van der Waals surface area contributed by atoms with Gasteiger partial charge in [0.2, 0.25) is 5.43 Å². The van der Waals surface area contributed by atoms with E-state index in [0.29, 0.717) is 55.3 Å². The first kappa shape index (κ1) is 37.3. The van der Waals surface area contributed by atoms with Crippen molar-refractivity contribution in [3.8, 4) is 0 Å². The number of fused-ring (bicyclic) bond motifs is 2. The predicted molar refractivity (Wildman–Crippen MR) is 200 cm³/mol. The van der Waals surface area contributed by atoms with Gasteiger partial charge in [-0.15, -0.1) is 23.1 Å². The van der Waals surface area contributed by atoms with E-state index in [-0.39, 0.29) is 39.2 Å². The average Bonchev–Trinajstić information content (AvgIpc) is 3.87. The van der Waals surface area contributed by atoms with E-state index in [2.05, 4.69) is 20.4 Å². The highest BCUT2D eigenvalue weighted by molar-refractivity contribution is 8.00. The molecule has 1 aliphatic carbocycles. The number of β-lactam (4-membered cyclic amide) rings is 1. The first-order valence-corrected chi connectivity index (χ1v) is 19.2. The lowest BCUT2D eigenvalue weighted by Gasteiger charge is -2.50. The van der Waals surface area contributed by atoms with Gasteiger partial charge in [-0.2, -0.15) is 0 Å². The summed E-state index contributed by atoms with van der Waals surface area (Å²) in [5.74, 6) is -3.39. The molecule has 3 aromatic rings. The van der Waals surface area contributed by atoms with Gasteiger partial charge in [0.1, 0.15) is 46.9 Å². The Kier molecular flexibility index (Phi) is 9.90. The number of thioether (sulfide) groups is 1. The number of piperazine rings is 1. The topological polar surface area (TPSA) is 202 Å². The lowest BCUT2D eigenvalue weighted by molar-refractivity contribution is -0.158. The van der Waals surface area contributed by atoms with E-state index in [1.807, 2.05) is 4.90 Å². The number of nitrogen functional groups attached to an aromatic ring is 1. The number of carboxylic acid groups (broad SMARTS) is 1. The summed E-state index contributed by atoms with van der Waals surface area (Å²) in [7, 11) is 1.28. The Hall–Kier alpha value is -5.01. The summed E-state index contributed by atoms with van der Waals surface area (Å²) in [6, 6.07) is 1.87. The van der Waals surface area contributed by atoms with Crippen LogP contribution in [0.1, 0.15) is 55.7 Å². The molecule has 2 saturated heterocycles. The van der Waals surface area contributed by atoms with E-state index >= 15 is 4.39 Å². The van der Waals surface area contributed by atoms with E-state index in [1.165, 1.54) is 30.0 Å². The van der Waals surface area contributed by atoms with Crippen LogP contribution in [0.3, 0.4) is 0 Å². The molecule has 1 saturated carbocycles. The lowest BCUT2D eigenvalue weighted by atomic mass is 10.0. The molecule has 0 radical (unpaired) electrons. The molecule has 0 unspecified atom stereocenters. The van der Waals surface area contributed by atoms with Crippen molar-refractivity contribution in [2.75, 3.05) is 56.2 Å². The number of esters is 1. The molecule has 2 aromatic heterocycles. The number of thiazole rings is 1. The number of nitrogens with one attached hydrogen (secondary N) is 1. The van der Waals surface area contributed by atoms with Crippen LogP contribution >= 0.6 is 23.1 Å². The van der Waals surface area contributed by atoms with Crippen molar-refractivity contribution in [3.63, 3.8) is 0 Å². The number of carboxylic acids is 1. The van der Waals surface area contributed by atoms with E-state index in [0.717, 1.165) is 30.2 Å². The van der Waals surface area contributed by atoms with Gasteiger partial charge in [-0.25, -0.2) is 19.0 Å². The number of oxime groups is 1. The fourth-order valence-corrected chi connectivity index (χ4v) is 8.73. The minimum atomic E-state index is -1.35.